The zero-order valence-electron chi connectivity index (χ0n) is 10.6. The summed E-state index contributed by atoms with van der Waals surface area (Å²) in [6.45, 7) is 0. The fourth-order valence-corrected chi connectivity index (χ4v) is 6.15. The molecular formula is C11H13BrClNO4S2. The van der Waals surface area contributed by atoms with Gasteiger partial charge >= 0.3 is 0 Å². The van der Waals surface area contributed by atoms with Crippen molar-refractivity contribution in [2.75, 3.05) is 18.6 Å². The van der Waals surface area contributed by atoms with Gasteiger partial charge in [0.2, 0.25) is 10.0 Å². The molecule has 0 amide bonds. The minimum absolute atomic E-state index is 0.0305. The van der Waals surface area contributed by atoms with Crippen LogP contribution in [0.25, 0.3) is 0 Å². The first-order valence-corrected chi connectivity index (χ1v) is 9.88. The highest BCUT2D eigenvalue weighted by molar-refractivity contribution is 9.10. The second-order valence-electron chi connectivity index (χ2n) is 4.34. The molecule has 1 saturated heterocycles. The summed E-state index contributed by atoms with van der Waals surface area (Å²) in [4.78, 5) is -0.0305. The van der Waals surface area contributed by atoms with Crippen molar-refractivity contribution < 1.29 is 17.4 Å². The van der Waals surface area contributed by atoms with Gasteiger partial charge in [-0.05, 0) is 34.5 Å². The largest absolute Gasteiger partial charge is 0.494 e. The Morgan fingerprint density at radius 1 is 1.50 bits per heavy atom. The zero-order chi connectivity index (χ0) is 14.9. The predicted molar refractivity (Wildman–Crippen MR) is 82.3 cm³/mol. The van der Waals surface area contributed by atoms with Crippen molar-refractivity contribution in [3.05, 3.63) is 21.6 Å². The molecule has 112 valence electrons. The van der Waals surface area contributed by atoms with Crippen molar-refractivity contribution in [1.82, 2.24) is 4.72 Å². The van der Waals surface area contributed by atoms with Gasteiger partial charge in [-0.15, -0.1) is 0 Å². The standard InChI is InChI=1S/C11H13BrClNO4S2/c1-18-11-9(12)4-7(13)5-10(11)20(16,17)14-8-2-3-19(15)6-8/h4-5,8,14H,2-3,6H2,1H3. The van der Waals surface area contributed by atoms with Crippen LogP contribution in [0, 0.1) is 0 Å². The van der Waals surface area contributed by atoms with Gasteiger partial charge in [0.15, 0.2) is 5.75 Å². The summed E-state index contributed by atoms with van der Waals surface area (Å²) in [5, 5.41) is 0.285. The SMILES string of the molecule is COc1c(Br)cc(Cl)cc1S(=O)(=O)NC1CCS(=O)C1. The molecule has 0 radical (unpaired) electrons. The normalized spacial score (nSPS) is 22.9. The fraction of sp³-hybridized carbons (Fsp3) is 0.455. The molecule has 0 spiro atoms. The molecule has 2 atom stereocenters. The Morgan fingerprint density at radius 2 is 2.20 bits per heavy atom. The minimum atomic E-state index is -3.78. The summed E-state index contributed by atoms with van der Waals surface area (Å²) >= 11 is 9.12. The quantitative estimate of drug-likeness (QED) is 0.835. The lowest BCUT2D eigenvalue weighted by Gasteiger charge is -2.15. The third-order valence-corrected chi connectivity index (χ3v) is 6.67. The van der Waals surface area contributed by atoms with Crippen LogP contribution in [-0.2, 0) is 20.8 Å². The van der Waals surface area contributed by atoms with Crippen LogP contribution in [0.5, 0.6) is 5.75 Å². The Hall–Kier alpha value is -0.150. The van der Waals surface area contributed by atoms with E-state index >= 15 is 0 Å². The number of halogens is 2. The average Bonchev–Trinajstić information content (AvgIpc) is 2.73. The number of rotatable bonds is 4. The third kappa shape index (κ3) is 3.54. The molecule has 1 heterocycles. The van der Waals surface area contributed by atoms with Gasteiger partial charge in [0.25, 0.3) is 0 Å². The summed E-state index contributed by atoms with van der Waals surface area (Å²) in [6, 6.07) is 2.58. The lowest BCUT2D eigenvalue weighted by Crippen LogP contribution is -2.35. The van der Waals surface area contributed by atoms with Crippen LogP contribution >= 0.6 is 27.5 Å². The minimum Gasteiger partial charge on any atom is -0.494 e. The third-order valence-electron chi connectivity index (χ3n) is 2.87. The van der Waals surface area contributed by atoms with E-state index in [2.05, 4.69) is 20.7 Å². The number of hydrogen-bond acceptors (Lipinski definition) is 4. The van der Waals surface area contributed by atoms with Gasteiger partial charge in [0.05, 0.1) is 11.6 Å². The molecule has 9 heteroatoms. The summed E-state index contributed by atoms with van der Waals surface area (Å²) in [6.07, 6.45) is 0.565. The number of nitrogens with one attached hydrogen (secondary N) is 1. The molecule has 2 rings (SSSR count). The van der Waals surface area contributed by atoms with Crippen molar-refractivity contribution in [3.8, 4) is 5.75 Å². The number of sulfonamides is 1. The molecule has 0 aliphatic carbocycles. The number of hydrogen-bond donors (Lipinski definition) is 1. The van der Waals surface area contributed by atoms with E-state index in [-0.39, 0.29) is 21.7 Å². The van der Waals surface area contributed by atoms with Crippen LogP contribution in [0.4, 0.5) is 0 Å². The molecular weight excluding hydrogens is 390 g/mol. The van der Waals surface area contributed by atoms with Gasteiger partial charge in [-0.2, -0.15) is 0 Å². The van der Waals surface area contributed by atoms with Gasteiger partial charge in [0.1, 0.15) is 4.90 Å². The molecule has 1 aromatic rings. The van der Waals surface area contributed by atoms with Crippen LogP contribution in [-0.4, -0.2) is 37.3 Å². The second-order valence-corrected chi connectivity index (χ2v) is 8.93. The molecule has 0 saturated carbocycles. The highest BCUT2D eigenvalue weighted by Gasteiger charge is 2.29. The van der Waals surface area contributed by atoms with E-state index in [4.69, 9.17) is 16.3 Å². The smallest absolute Gasteiger partial charge is 0.244 e. The second kappa shape index (κ2) is 6.31. The number of ether oxygens (including phenoxy) is 1. The molecule has 1 aliphatic rings. The topological polar surface area (TPSA) is 72.5 Å². The van der Waals surface area contributed by atoms with Crippen LogP contribution in [0.3, 0.4) is 0 Å². The van der Waals surface area contributed by atoms with E-state index in [0.29, 0.717) is 22.4 Å². The summed E-state index contributed by atoms with van der Waals surface area (Å²) in [5.41, 5.74) is 0. The highest BCUT2D eigenvalue weighted by atomic mass is 79.9. The van der Waals surface area contributed by atoms with Gasteiger partial charge in [-0.3, -0.25) is 4.21 Å². The monoisotopic (exact) mass is 401 g/mol. The lowest BCUT2D eigenvalue weighted by atomic mass is 10.3. The summed E-state index contributed by atoms with van der Waals surface area (Å²) in [5.74, 6) is 1.05. The van der Waals surface area contributed by atoms with E-state index in [1.807, 2.05) is 0 Å². The van der Waals surface area contributed by atoms with E-state index in [1.54, 1.807) is 6.07 Å². The van der Waals surface area contributed by atoms with Crippen molar-refractivity contribution >= 4 is 48.4 Å². The highest BCUT2D eigenvalue weighted by Crippen LogP contribution is 2.35. The van der Waals surface area contributed by atoms with Gasteiger partial charge in [-0.1, -0.05) is 11.6 Å². The molecule has 5 nitrogen and oxygen atoms in total. The molecule has 0 bridgehead atoms. The molecule has 1 aromatic carbocycles. The number of benzene rings is 1. The first kappa shape index (κ1) is 16.2. The molecule has 1 aliphatic heterocycles. The van der Waals surface area contributed by atoms with Crippen molar-refractivity contribution in [3.63, 3.8) is 0 Å². The van der Waals surface area contributed by atoms with Crippen LogP contribution in [0.15, 0.2) is 21.5 Å². The Morgan fingerprint density at radius 3 is 2.75 bits per heavy atom. The predicted octanol–water partition coefficient (Wildman–Crippen LogP) is 1.91. The van der Waals surface area contributed by atoms with Gasteiger partial charge < -0.3 is 4.74 Å². The maximum atomic E-state index is 12.4. The van der Waals surface area contributed by atoms with E-state index < -0.39 is 20.8 Å². The Labute approximate surface area is 133 Å². The van der Waals surface area contributed by atoms with Crippen LogP contribution in [0.2, 0.25) is 5.02 Å². The molecule has 1 fully saturated rings. The Kier molecular flexibility index (Phi) is 5.12. The molecule has 0 aromatic heterocycles. The number of methoxy groups -OCH3 is 1. The first-order valence-electron chi connectivity index (χ1n) is 5.74. The zero-order valence-corrected chi connectivity index (χ0v) is 14.5. The lowest BCUT2D eigenvalue weighted by molar-refractivity contribution is 0.399. The summed E-state index contributed by atoms with van der Waals surface area (Å²) < 4.78 is 44.3. The van der Waals surface area contributed by atoms with E-state index in [1.165, 1.54) is 13.2 Å². The van der Waals surface area contributed by atoms with Gasteiger partial charge in [0, 0.05) is 33.4 Å². The maximum absolute atomic E-state index is 12.4. The molecule has 2 unspecified atom stereocenters. The van der Waals surface area contributed by atoms with Crippen molar-refractivity contribution in [2.24, 2.45) is 0 Å². The molecule has 1 N–H and O–H groups in total. The van der Waals surface area contributed by atoms with Gasteiger partial charge in [-0.25, -0.2) is 13.1 Å². The van der Waals surface area contributed by atoms with E-state index in [9.17, 15) is 12.6 Å². The maximum Gasteiger partial charge on any atom is 0.244 e. The van der Waals surface area contributed by atoms with Crippen LogP contribution in [0.1, 0.15) is 6.42 Å². The molecule has 20 heavy (non-hydrogen) atoms. The van der Waals surface area contributed by atoms with Crippen molar-refractivity contribution in [1.29, 1.82) is 0 Å². The Bertz CT molecular complexity index is 650. The van der Waals surface area contributed by atoms with E-state index in [0.717, 1.165) is 0 Å². The Balaban J connectivity index is 2.36. The first-order chi connectivity index (χ1) is 9.33. The fourth-order valence-electron chi connectivity index (χ4n) is 1.98. The van der Waals surface area contributed by atoms with Crippen LogP contribution < -0.4 is 9.46 Å². The summed E-state index contributed by atoms with van der Waals surface area (Å²) in [7, 11) is -3.35. The van der Waals surface area contributed by atoms with Crippen molar-refractivity contribution in [2.45, 2.75) is 17.4 Å². The average molecular weight is 403 g/mol.